The first-order valence-electron chi connectivity index (χ1n) is 12.1. The standard InChI is InChI=1S/C28H30N6O4/c1-16-11-17(2)25(18(3)12-16)27(35)31-22(28(36)37)13-19-5-7-20(8-6-19)26-32-24(33-34-26)15-30-23-14-21(38-4)9-10-29-23/h5-12,14,22H,13,15H2,1-4H3,(H,29,30)(H,31,35)(H,36,37)(H,32,33,34). The van der Waals surface area contributed by atoms with Crippen molar-refractivity contribution in [2.75, 3.05) is 12.4 Å². The summed E-state index contributed by atoms with van der Waals surface area (Å²) < 4.78 is 5.20. The molecule has 10 nitrogen and oxygen atoms in total. The summed E-state index contributed by atoms with van der Waals surface area (Å²) in [6.07, 6.45) is 1.80. The van der Waals surface area contributed by atoms with E-state index in [1.165, 1.54) is 0 Å². The fourth-order valence-electron chi connectivity index (χ4n) is 4.32. The minimum absolute atomic E-state index is 0.143. The third-order valence-electron chi connectivity index (χ3n) is 6.11. The third-order valence-corrected chi connectivity index (χ3v) is 6.11. The number of H-pyrrole nitrogens is 1. The summed E-state index contributed by atoms with van der Waals surface area (Å²) in [5.41, 5.74) is 4.76. The van der Waals surface area contributed by atoms with Crippen LogP contribution in [0.3, 0.4) is 0 Å². The molecule has 0 fully saturated rings. The molecule has 4 aromatic rings. The van der Waals surface area contributed by atoms with Crippen molar-refractivity contribution in [2.24, 2.45) is 0 Å². The van der Waals surface area contributed by atoms with Gasteiger partial charge in [0.1, 0.15) is 23.4 Å². The highest BCUT2D eigenvalue weighted by Gasteiger charge is 2.23. The number of carbonyl (C=O) groups is 2. The molecule has 4 rings (SSSR count). The highest BCUT2D eigenvalue weighted by Crippen LogP contribution is 2.19. The Morgan fingerprint density at radius 3 is 2.39 bits per heavy atom. The van der Waals surface area contributed by atoms with Crippen LogP contribution >= 0.6 is 0 Å². The summed E-state index contributed by atoms with van der Waals surface area (Å²) in [7, 11) is 1.60. The van der Waals surface area contributed by atoms with Crippen LogP contribution in [0.1, 0.15) is 38.4 Å². The summed E-state index contributed by atoms with van der Waals surface area (Å²) in [4.78, 5) is 32.3. The minimum atomic E-state index is -1.09. The van der Waals surface area contributed by atoms with Crippen molar-refractivity contribution >= 4 is 17.7 Å². The van der Waals surface area contributed by atoms with Crippen molar-refractivity contribution < 1.29 is 19.4 Å². The molecule has 2 aromatic carbocycles. The van der Waals surface area contributed by atoms with Gasteiger partial charge in [-0.15, -0.1) is 10.2 Å². The van der Waals surface area contributed by atoms with Crippen LogP contribution in [0.2, 0.25) is 0 Å². The van der Waals surface area contributed by atoms with Gasteiger partial charge in [-0.05, 0) is 43.5 Å². The van der Waals surface area contributed by atoms with Gasteiger partial charge in [0.05, 0.1) is 13.7 Å². The zero-order valence-corrected chi connectivity index (χ0v) is 21.7. The number of methoxy groups -OCH3 is 1. The van der Waals surface area contributed by atoms with Crippen molar-refractivity contribution in [3.63, 3.8) is 0 Å². The van der Waals surface area contributed by atoms with E-state index in [9.17, 15) is 14.7 Å². The predicted octanol–water partition coefficient (Wildman–Crippen LogP) is 3.84. The molecule has 0 saturated carbocycles. The van der Waals surface area contributed by atoms with Gasteiger partial charge >= 0.3 is 5.97 Å². The van der Waals surface area contributed by atoms with Crippen LogP contribution < -0.4 is 15.4 Å². The number of hydrogen-bond acceptors (Lipinski definition) is 7. The number of carboxylic acids is 1. The number of aromatic nitrogens is 4. The number of nitrogens with zero attached hydrogens (tertiary/aromatic N) is 3. The smallest absolute Gasteiger partial charge is 0.326 e. The molecule has 0 aliphatic carbocycles. The maximum Gasteiger partial charge on any atom is 0.326 e. The van der Waals surface area contributed by atoms with E-state index >= 15 is 0 Å². The van der Waals surface area contributed by atoms with E-state index in [0.717, 1.165) is 27.8 Å². The summed E-state index contributed by atoms with van der Waals surface area (Å²) in [5.74, 6) is 1.08. The molecule has 2 heterocycles. The normalized spacial score (nSPS) is 11.6. The number of ether oxygens (including phenoxy) is 1. The Morgan fingerprint density at radius 2 is 1.74 bits per heavy atom. The molecule has 4 N–H and O–H groups in total. The van der Waals surface area contributed by atoms with Crippen molar-refractivity contribution in [3.8, 4) is 17.1 Å². The van der Waals surface area contributed by atoms with Gasteiger partial charge in [-0.3, -0.25) is 4.79 Å². The maximum atomic E-state index is 12.9. The second-order valence-electron chi connectivity index (χ2n) is 9.09. The molecule has 2 aromatic heterocycles. The van der Waals surface area contributed by atoms with Gasteiger partial charge in [0.2, 0.25) is 0 Å². The Morgan fingerprint density at radius 1 is 1.03 bits per heavy atom. The summed E-state index contributed by atoms with van der Waals surface area (Å²) in [6.45, 7) is 6.06. The number of nitrogens with one attached hydrogen (secondary N) is 3. The second-order valence-corrected chi connectivity index (χ2v) is 9.09. The van der Waals surface area contributed by atoms with Crippen LogP contribution in [-0.4, -0.2) is 50.3 Å². The Balaban J connectivity index is 1.39. The maximum absolute atomic E-state index is 12.9. The predicted molar refractivity (Wildman–Crippen MR) is 143 cm³/mol. The number of anilines is 1. The van der Waals surface area contributed by atoms with E-state index < -0.39 is 17.9 Å². The number of aliphatic carboxylic acids is 1. The highest BCUT2D eigenvalue weighted by molar-refractivity contribution is 5.99. The van der Waals surface area contributed by atoms with Crippen LogP contribution in [0.15, 0.2) is 54.7 Å². The summed E-state index contributed by atoms with van der Waals surface area (Å²) >= 11 is 0. The molecule has 0 saturated heterocycles. The van der Waals surface area contributed by atoms with Crippen molar-refractivity contribution in [1.82, 2.24) is 25.5 Å². The Hall–Kier alpha value is -4.73. The lowest BCUT2D eigenvalue weighted by atomic mass is 9.98. The number of rotatable bonds is 10. The number of amides is 1. The fourth-order valence-corrected chi connectivity index (χ4v) is 4.32. The Kier molecular flexibility index (Phi) is 8.00. The summed E-state index contributed by atoms with van der Waals surface area (Å²) in [5, 5.41) is 24.0. The minimum Gasteiger partial charge on any atom is -0.497 e. The van der Waals surface area contributed by atoms with E-state index in [2.05, 4.69) is 30.8 Å². The first-order chi connectivity index (χ1) is 18.2. The number of carboxylic acid groups (broad SMARTS) is 1. The van der Waals surface area contributed by atoms with E-state index in [1.54, 1.807) is 25.4 Å². The van der Waals surface area contributed by atoms with Crippen molar-refractivity contribution in [3.05, 3.63) is 88.4 Å². The largest absolute Gasteiger partial charge is 0.497 e. The second kappa shape index (κ2) is 11.5. The zero-order valence-electron chi connectivity index (χ0n) is 21.7. The molecule has 0 aliphatic heterocycles. The molecule has 1 amide bonds. The van der Waals surface area contributed by atoms with Gasteiger partial charge in [-0.1, -0.05) is 42.0 Å². The number of hydrogen-bond donors (Lipinski definition) is 4. The van der Waals surface area contributed by atoms with E-state index in [1.807, 2.05) is 57.2 Å². The monoisotopic (exact) mass is 514 g/mol. The van der Waals surface area contributed by atoms with Gasteiger partial charge in [0, 0.05) is 29.8 Å². The number of pyridine rings is 1. The molecule has 196 valence electrons. The Labute approximate surface area is 220 Å². The highest BCUT2D eigenvalue weighted by atomic mass is 16.5. The molecule has 1 unspecified atom stereocenters. The quantitative estimate of drug-likeness (QED) is 0.250. The number of carbonyl (C=O) groups excluding carboxylic acids is 1. The third kappa shape index (κ3) is 6.33. The van der Waals surface area contributed by atoms with Crippen LogP contribution in [0.25, 0.3) is 11.4 Å². The van der Waals surface area contributed by atoms with Crippen LogP contribution in [-0.2, 0) is 17.8 Å². The first-order valence-corrected chi connectivity index (χ1v) is 12.1. The fraction of sp³-hybridized carbons (Fsp3) is 0.250. The molecule has 0 radical (unpaired) electrons. The number of aryl methyl sites for hydroxylation is 3. The molecule has 0 spiro atoms. The van der Waals surface area contributed by atoms with Crippen LogP contribution in [0.5, 0.6) is 5.75 Å². The number of benzene rings is 2. The lowest BCUT2D eigenvalue weighted by Gasteiger charge is -2.17. The first kappa shape index (κ1) is 26.3. The van der Waals surface area contributed by atoms with Gasteiger partial charge < -0.3 is 25.5 Å². The summed E-state index contributed by atoms with van der Waals surface area (Å²) in [6, 6.07) is 13.6. The average molecular weight is 515 g/mol. The number of aromatic amines is 1. The molecule has 0 bridgehead atoms. The van der Waals surface area contributed by atoms with Gasteiger partial charge in [-0.25, -0.2) is 9.78 Å². The zero-order chi connectivity index (χ0) is 27.2. The molecule has 38 heavy (non-hydrogen) atoms. The van der Waals surface area contributed by atoms with E-state index in [4.69, 9.17) is 4.74 Å². The van der Waals surface area contributed by atoms with Gasteiger partial charge in [0.15, 0.2) is 5.82 Å². The van der Waals surface area contributed by atoms with E-state index in [0.29, 0.717) is 35.3 Å². The van der Waals surface area contributed by atoms with Gasteiger partial charge in [-0.2, -0.15) is 0 Å². The topological polar surface area (TPSA) is 142 Å². The SMILES string of the molecule is COc1ccnc(NCc2nnc(-c3ccc(CC(NC(=O)c4c(C)cc(C)cc4C)C(=O)O)cc3)[nH]2)c1. The molecule has 0 aliphatic rings. The van der Waals surface area contributed by atoms with Gasteiger partial charge in [0.25, 0.3) is 5.91 Å². The molecular formula is C28H30N6O4. The molecular weight excluding hydrogens is 484 g/mol. The van der Waals surface area contributed by atoms with Crippen molar-refractivity contribution in [2.45, 2.75) is 39.8 Å². The van der Waals surface area contributed by atoms with Crippen LogP contribution in [0, 0.1) is 20.8 Å². The van der Waals surface area contributed by atoms with E-state index in [-0.39, 0.29) is 6.42 Å². The lowest BCUT2D eigenvalue weighted by Crippen LogP contribution is -2.42. The average Bonchev–Trinajstić information content (AvgIpc) is 3.36. The molecule has 10 heteroatoms. The Bertz CT molecular complexity index is 1420. The molecule has 1 atom stereocenters. The lowest BCUT2D eigenvalue weighted by molar-refractivity contribution is -0.139. The van der Waals surface area contributed by atoms with Crippen molar-refractivity contribution in [1.29, 1.82) is 0 Å². The van der Waals surface area contributed by atoms with Crippen LogP contribution in [0.4, 0.5) is 5.82 Å².